The Morgan fingerprint density at radius 2 is 1.90 bits per heavy atom. The van der Waals surface area contributed by atoms with Gasteiger partial charge in [-0.2, -0.15) is 13.2 Å². The van der Waals surface area contributed by atoms with Gasteiger partial charge < -0.3 is 13.9 Å². The van der Waals surface area contributed by atoms with Crippen molar-refractivity contribution in [2.24, 2.45) is 4.99 Å². The predicted molar refractivity (Wildman–Crippen MR) is 143 cm³/mol. The molecule has 0 unspecified atom stereocenters. The molecule has 11 heteroatoms. The van der Waals surface area contributed by atoms with Gasteiger partial charge in [0.05, 0.1) is 41.1 Å². The fraction of sp³-hybridized carbons (Fsp3) is 0.207. The van der Waals surface area contributed by atoms with Crippen molar-refractivity contribution in [3.8, 4) is 17.1 Å². The number of rotatable bonds is 6. The average molecular weight is 569 g/mol. The summed E-state index contributed by atoms with van der Waals surface area (Å²) in [5.41, 5.74) is 0.395. The van der Waals surface area contributed by atoms with Crippen molar-refractivity contribution in [1.82, 2.24) is 4.57 Å². The van der Waals surface area contributed by atoms with Gasteiger partial charge in [-0.05, 0) is 55.8 Å². The van der Waals surface area contributed by atoms with Crippen LogP contribution in [0.1, 0.15) is 36.8 Å². The molecule has 1 atom stereocenters. The summed E-state index contributed by atoms with van der Waals surface area (Å²) in [6.45, 7) is 3.54. The van der Waals surface area contributed by atoms with E-state index in [9.17, 15) is 22.8 Å². The lowest BCUT2D eigenvalue weighted by molar-refractivity contribution is -0.139. The quantitative estimate of drug-likeness (QED) is 0.303. The highest BCUT2D eigenvalue weighted by atomic mass is 32.1. The second kappa shape index (κ2) is 10.6. The number of halogens is 3. The molecule has 0 radical (unpaired) electrons. The zero-order valence-corrected chi connectivity index (χ0v) is 22.4. The van der Waals surface area contributed by atoms with Gasteiger partial charge in [0.1, 0.15) is 17.3 Å². The number of allylic oxidation sites excluding steroid dienone is 1. The van der Waals surface area contributed by atoms with E-state index in [0.717, 1.165) is 23.5 Å². The van der Waals surface area contributed by atoms with Crippen LogP contribution >= 0.6 is 11.3 Å². The molecule has 3 heterocycles. The van der Waals surface area contributed by atoms with Gasteiger partial charge in [0.15, 0.2) is 4.80 Å². The lowest BCUT2D eigenvalue weighted by atomic mass is 9.96. The molecule has 1 aliphatic rings. The van der Waals surface area contributed by atoms with Gasteiger partial charge in [-0.1, -0.05) is 35.6 Å². The molecule has 0 fully saturated rings. The number of thiazole rings is 1. The maximum absolute atomic E-state index is 13.7. The van der Waals surface area contributed by atoms with Crippen LogP contribution < -0.4 is 19.6 Å². The SMILES string of the molecule is CCOC(=O)C1=C(C)N=c2sc(=Cc3ccc(-c4cccc(C(F)(F)F)c4)o3)c(=O)n2[C@H]1c1ccc(OC)cc1. The molecule has 0 bridgehead atoms. The molecule has 4 aromatic rings. The minimum absolute atomic E-state index is 0.155. The van der Waals surface area contributed by atoms with Crippen molar-refractivity contribution < 1.29 is 31.9 Å². The molecule has 0 aliphatic carbocycles. The first kappa shape index (κ1) is 27.2. The highest BCUT2D eigenvalue weighted by Gasteiger charge is 2.33. The summed E-state index contributed by atoms with van der Waals surface area (Å²) in [4.78, 5) is 31.6. The van der Waals surface area contributed by atoms with Crippen molar-refractivity contribution in [2.75, 3.05) is 13.7 Å². The van der Waals surface area contributed by atoms with E-state index < -0.39 is 29.3 Å². The third-order valence-electron chi connectivity index (χ3n) is 6.32. The topological polar surface area (TPSA) is 83.0 Å². The molecule has 40 heavy (non-hydrogen) atoms. The predicted octanol–water partition coefficient (Wildman–Crippen LogP) is 5.09. The normalized spacial score (nSPS) is 15.6. The number of furan rings is 1. The van der Waals surface area contributed by atoms with Crippen molar-refractivity contribution in [3.05, 3.63) is 109 Å². The van der Waals surface area contributed by atoms with Gasteiger partial charge >= 0.3 is 12.1 Å². The number of aromatic nitrogens is 1. The largest absolute Gasteiger partial charge is 0.497 e. The number of methoxy groups -OCH3 is 1. The molecule has 2 aromatic carbocycles. The van der Waals surface area contributed by atoms with E-state index in [4.69, 9.17) is 13.9 Å². The first-order valence-electron chi connectivity index (χ1n) is 12.2. The summed E-state index contributed by atoms with van der Waals surface area (Å²) < 4.78 is 57.5. The Bertz CT molecular complexity index is 1800. The van der Waals surface area contributed by atoms with E-state index in [1.165, 1.54) is 22.8 Å². The molecule has 5 rings (SSSR count). The van der Waals surface area contributed by atoms with Gasteiger partial charge in [0.2, 0.25) is 0 Å². The van der Waals surface area contributed by atoms with Crippen LogP contribution in [0, 0.1) is 0 Å². The summed E-state index contributed by atoms with van der Waals surface area (Å²) >= 11 is 1.11. The van der Waals surface area contributed by atoms with E-state index in [0.29, 0.717) is 21.8 Å². The van der Waals surface area contributed by atoms with E-state index in [-0.39, 0.29) is 33.8 Å². The highest BCUT2D eigenvalue weighted by molar-refractivity contribution is 7.07. The zero-order valence-electron chi connectivity index (χ0n) is 21.6. The minimum atomic E-state index is -4.49. The van der Waals surface area contributed by atoms with Crippen LogP contribution in [-0.2, 0) is 15.7 Å². The van der Waals surface area contributed by atoms with Crippen molar-refractivity contribution in [2.45, 2.75) is 26.1 Å². The van der Waals surface area contributed by atoms with E-state index in [1.54, 1.807) is 57.4 Å². The molecule has 206 valence electrons. The molecule has 7 nitrogen and oxygen atoms in total. The highest BCUT2D eigenvalue weighted by Crippen LogP contribution is 2.33. The third-order valence-corrected chi connectivity index (χ3v) is 7.31. The standard InChI is InChI=1S/C29H23F3N2O5S/c1-4-38-27(36)24-16(2)33-28-34(25(24)17-8-10-20(37-3)11-9-17)26(35)23(40-28)15-21-12-13-22(39-21)18-6-5-7-19(14-18)29(30,31)32/h5-15,25H,4H2,1-3H3/t25-/m0/s1. The van der Waals surface area contributed by atoms with Gasteiger partial charge in [0.25, 0.3) is 5.56 Å². The molecule has 1 aliphatic heterocycles. The number of carbonyl (C=O) groups excluding carboxylic acids is 1. The summed E-state index contributed by atoms with van der Waals surface area (Å²) in [5, 5.41) is 0. The molecular weight excluding hydrogens is 545 g/mol. The first-order chi connectivity index (χ1) is 19.1. The van der Waals surface area contributed by atoms with Crippen LogP contribution in [-0.4, -0.2) is 24.3 Å². The smallest absolute Gasteiger partial charge is 0.416 e. The number of hydrogen-bond acceptors (Lipinski definition) is 7. The Labute approximate surface area is 230 Å². The molecule has 0 spiro atoms. The third kappa shape index (κ3) is 5.12. The van der Waals surface area contributed by atoms with Crippen LogP contribution in [0.3, 0.4) is 0 Å². The number of alkyl halides is 3. The number of benzene rings is 2. The van der Waals surface area contributed by atoms with E-state index in [1.807, 2.05) is 0 Å². The second-order valence-electron chi connectivity index (χ2n) is 8.86. The molecule has 0 saturated carbocycles. The molecule has 2 aromatic heterocycles. The zero-order chi connectivity index (χ0) is 28.6. The number of carbonyl (C=O) groups is 1. The summed E-state index contributed by atoms with van der Waals surface area (Å²) in [6.07, 6.45) is -2.98. The lowest BCUT2D eigenvalue weighted by Crippen LogP contribution is -2.39. The Kier molecular flexibility index (Phi) is 7.24. The Balaban J connectivity index is 1.60. The molecule has 0 N–H and O–H groups in total. The average Bonchev–Trinajstić information content (AvgIpc) is 3.52. The maximum Gasteiger partial charge on any atom is 0.416 e. The number of fused-ring (bicyclic) bond motifs is 1. The molecular formula is C29H23F3N2O5S. The first-order valence-corrected chi connectivity index (χ1v) is 13.0. The van der Waals surface area contributed by atoms with E-state index >= 15 is 0 Å². The Morgan fingerprint density at radius 3 is 2.58 bits per heavy atom. The molecule has 0 amide bonds. The van der Waals surface area contributed by atoms with Crippen LogP contribution in [0.5, 0.6) is 5.75 Å². The van der Waals surface area contributed by atoms with Gasteiger partial charge in [-0.25, -0.2) is 9.79 Å². The number of esters is 1. The summed E-state index contributed by atoms with van der Waals surface area (Å²) in [6, 6.07) is 14.2. The fourth-order valence-electron chi connectivity index (χ4n) is 4.46. The van der Waals surface area contributed by atoms with Crippen LogP contribution in [0.25, 0.3) is 17.4 Å². The van der Waals surface area contributed by atoms with Crippen LogP contribution in [0.2, 0.25) is 0 Å². The minimum Gasteiger partial charge on any atom is -0.497 e. The van der Waals surface area contributed by atoms with Gasteiger partial charge in [0, 0.05) is 11.6 Å². The number of ether oxygens (including phenoxy) is 2. The Hall–Kier alpha value is -4.38. The monoisotopic (exact) mass is 568 g/mol. The second-order valence-corrected chi connectivity index (χ2v) is 9.87. The van der Waals surface area contributed by atoms with Crippen molar-refractivity contribution >= 4 is 23.4 Å². The van der Waals surface area contributed by atoms with Crippen LogP contribution in [0.15, 0.2) is 86.1 Å². The van der Waals surface area contributed by atoms with E-state index in [2.05, 4.69) is 4.99 Å². The lowest BCUT2D eigenvalue weighted by Gasteiger charge is -2.24. The van der Waals surface area contributed by atoms with Gasteiger partial charge in [-0.15, -0.1) is 0 Å². The fourth-order valence-corrected chi connectivity index (χ4v) is 5.48. The maximum atomic E-state index is 13.7. The van der Waals surface area contributed by atoms with Crippen molar-refractivity contribution in [3.63, 3.8) is 0 Å². The summed E-state index contributed by atoms with van der Waals surface area (Å²) in [7, 11) is 1.54. The number of nitrogens with zero attached hydrogens (tertiary/aromatic N) is 2. The summed E-state index contributed by atoms with van der Waals surface area (Å²) in [5.74, 6) is 0.543. The Morgan fingerprint density at radius 1 is 1.15 bits per heavy atom. The van der Waals surface area contributed by atoms with Gasteiger partial charge in [-0.3, -0.25) is 9.36 Å². The van der Waals surface area contributed by atoms with Crippen LogP contribution in [0.4, 0.5) is 13.2 Å². The molecule has 0 saturated heterocycles. The number of hydrogen-bond donors (Lipinski definition) is 0. The van der Waals surface area contributed by atoms with Crippen molar-refractivity contribution in [1.29, 1.82) is 0 Å².